The summed E-state index contributed by atoms with van der Waals surface area (Å²) in [5.74, 6) is 0. The van der Waals surface area contributed by atoms with E-state index in [1.54, 1.807) is 0 Å². The van der Waals surface area contributed by atoms with E-state index in [9.17, 15) is 0 Å². The van der Waals surface area contributed by atoms with Gasteiger partial charge in [0.25, 0.3) is 0 Å². The van der Waals surface area contributed by atoms with Crippen molar-refractivity contribution >= 4 is 0 Å². The van der Waals surface area contributed by atoms with E-state index in [1.165, 1.54) is 0 Å². The van der Waals surface area contributed by atoms with Gasteiger partial charge < -0.3 is 9.58 Å². The normalized spacial score (nSPS) is 31.1. The lowest BCUT2D eigenvalue weighted by atomic mass is 9.95. The predicted octanol–water partition coefficient (Wildman–Crippen LogP) is 1.86. The summed E-state index contributed by atoms with van der Waals surface area (Å²) in [5.41, 5.74) is -0.0620. The monoisotopic (exact) mass is 139 g/mol. The van der Waals surface area contributed by atoms with Crippen LogP contribution in [-0.2, 0) is 4.74 Å². The minimum absolute atomic E-state index is 0.0620. The van der Waals surface area contributed by atoms with E-state index in [1.807, 2.05) is 13.8 Å². The molecule has 0 N–H and O–H groups in total. The number of ether oxygens (including phenoxy) is 1. The van der Waals surface area contributed by atoms with Gasteiger partial charge in [-0.15, -0.1) is 0 Å². The molecule has 1 fully saturated rings. The van der Waals surface area contributed by atoms with Crippen LogP contribution in [0, 0.1) is 6.57 Å². The third-order valence-electron chi connectivity index (χ3n) is 1.85. The highest BCUT2D eigenvalue weighted by Crippen LogP contribution is 2.25. The van der Waals surface area contributed by atoms with Crippen LogP contribution in [0.25, 0.3) is 4.85 Å². The van der Waals surface area contributed by atoms with Crippen LogP contribution in [0.4, 0.5) is 0 Å². The number of hydrogen-bond acceptors (Lipinski definition) is 1. The van der Waals surface area contributed by atoms with Crippen molar-refractivity contribution in [1.29, 1.82) is 0 Å². The highest BCUT2D eigenvalue weighted by Gasteiger charge is 2.31. The summed E-state index contributed by atoms with van der Waals surface area (Å²) in [4.78, 5) is 3.51. The van der Waals surface area contributed by atoms with Gasteiger partial charge >= 0.3 is 0 Å². The van der Waals surface area contributed by atoms with Gasteiger partial charge in [-0.05, 0) is 13.8 Å². The summed E-state index contributed by atoms with van der Waals surface area (Å²) in [6.07, 6.45) is 1.80. The largest absolute Gasteiger partial charge is 0.375 e. The molecule has 56 valence electrons. The van der Waals surface area contributed by atoms with E-state index in [0.717, 1.165) is 19.4 Å². The molecule has 0 amide bonds. The molecule has 1 aliphatic rings. The van der Waals surface area contributed by atoms with Crippen molar-refractivity contribution in [1.82, 2.24) is 0 Å². The van der Waals surface area contributed by atoms with Crippen LogP contribution in [0.3, 0.4) is 0 Å². The van der Waals surface area contributed by atoms with E-state index >= 15 is 0 Å². The van der Waals surface area contributed by atoms with E-state index in [2.05, 4.69) is 4.85 Å². The molecule has 0 aliphatic carbocycles. The Morgan fingerprint density at radius 3 is 2.70 bits per heavy atom. The Labute approximate surface area is 62.0 Å². The zero-order valence-corrected chi connectivity index (χ0v) is 6.55. The Kier molecular flexibility index (Phi) is 1.96. The van der Waals surface area contributed by atoms with E-state index in [0.29, 0.717) is 0 Å². The number of hydrogen-bond donors (Lipinski definition) is 0. The Balaban J connectivity index is 2.49. The van der Waals surface area contributed by atoms with Crippen LogP contribution in [0.1, 0.15) is 26.7 Å². The molecule has 1 atom stereocenters. The first-order chi connectivity index (χ1) is 4.64. The Morgan fingerprint density at radius 1 is 1.60 bits per heavy atom. The van der Waals surface area contributed by atoms with Crippen molar-refractivity contribution in [3.05, 3.63) is 11.4 Å². The summed E-state index contributed by atoms with van der Waals surface area (Å²) in [7, 11) is 0. The Hall–Kier alpha value is -0.550. The molecule has 0 aromatic carbocycles. The molecule has 0 saturated carbocycles. The molecular formula is C8H13NO. The molecule has 1 saturated heterocycles. The summed E-state index contributed by atoms with van der Waals surface area (Å²) >= 11 is 0. The van der Waals surface area contributed by atoms with Gasteiger partial charge in [-0.3, -0.25) is 0 Å². The second-order valence-electron chi connectivity index (χ2n) is 3.38. The van der Waals surface area contributed by atoms with Crippen molar-refractivity contribution in [3.63, 3.8) is 0 Å². The third-order valence-corrected chi connectivity index (χ3v) is 1.85. The highest BCUT2D eigenvalue weighted by atomic mass is 16.5. The zero-order chi connectivity index (χ0) is 7.61. The molecule has 10 heavy (non-hydrogen) atoms. The van der Waals surface area contributed by atoms with E-state index in [-0.39, 0.29) is 11.6 Å². The van der Waals surface area contributed by atoms with Crippen LogP contribution < -0.4 is 0 Å². The lowest BCUT2D eigenvalue weighted by molar-refractivity contribution is -0.0534. The van der Waals surface area contributed by atoms with Crippen LogP contribution in [-0.4, -0.2) is 18.2 Å². The molecule has 1 rings (SSSR count). The molecule has 0 bridgehead atoms. The minimum Gasteiger partial charge on any atom is -0.375 e. The van der Waals surface area contributed by atoms with E-state index < -0.39 is 0 Å². The van der Waals surface area contributed by atoms with E-state index in [4.69, 9.17) is 11.3 Å². The fourth-order valence-corrected chi connectivity index (χ4v) is 1.31. The standard InChI is InChI=1S/C8H13NO/c1-8(2)6-7(9-3)4-5-10-8/h7H,4-6H2,1-2H3. The molecule has 1 heterocycles. The van der Waals surface area contributed by atoms with Crippen LogP contribution >= 0.6 is 0 Å². The lowest BCUT2D eigenvalue weighted by Gasteiger charge is -2.30. The van der Waals surface area contributed by atoms with Gasteiger partial charge in [0.2, 0.25) is 6.04 Å². The number of nitrogens with zero attached hydrogens (tertiary/aromatic N) is 1. The van der Waals surface area contributed by atoms with Crippen molar-refractivity contribution in [2.75, 3.05) is 6.61 Å². The average Bonchev–Trinajstić information content (AvgIpc) is 1.86. The van der Waals surface area contributed by atoms with Crippen molar-refractivity contribution in [3.8, 4) is 0 Å². The minimum atomic E-state index is -0.0620. The van der Waals surface area contributed by atoms with Gasteiger partial charge in [0, 0.05) is 6.42 Å². The second-order valence-corrected chi connectivity index (χ2v) is 3.38. The first-order valence-electron chi connectivity index (χ1n) is 3.64. The Bertz CT molecular complexity index is 157. The molecule has 0 spiro atoms. The summed E-state index contributed by atoms with van der Waals surface area (Å²) in [6.45, 7) is 11.7. The van der Waals surface area contributed by atoms with Gasteiger partial charge in [-0.25, -0.2) is 6.57 Å². The highest BCUT2D eigenvalue weighted by molar-refractivity contribution is 4.89. The summed E-state index contributed by atoms with van der Waals surface area (Å²) in [6, 6.07) is 0.198. The van der Waals surface area contributed by atoms with Crippen molar-refractivity contribution in [2.24, 2.45) is 0 Å². The maximum atomic E-state index is 6.84. The number of rotatable bonds is 0. The SMILES string of the molecule is [C-]#[N+]C1CCOC(C)(C)C1. The molecule has 2 heteroatoms. The average molecular weight is 139 g/mol. The van der Waals surface area contributed by atoms with Crippen molar-refractivity contribution < 1.29 is 4.74 Å². The first-order valence-corrected chi connectivity index (χ1v) is 3.64. The zero-order valence-electron chi connectivity index (χ0n) is 6.55. The van der Waals surface area contributed by atoms with Gasteiger partial charge in [0.05, 0.1) is 18.6 Å². The molecule has 2 nitrogen and oxygen atoms in total. The van der Waals surface area contributed by atoms with Crippen LogP contribution in [0.15, 0.2) is 0 Å². The van der Waals surface area contributed by atoms with Gasteiger partial charge in [-0.2, -0.15) is 0 Å². The quantitative estimate of drug-likeness (QED) is 0.467. The topological polar surface area (TPSA) is 13.6 Å². The third kappa shape index (κ3) is 1.71. The Morgan fingerprint density at radius 2 is 2.30 bits per heavy atom. The maximum absolute atomic E-state index is 6.84. The summed E-state index contributed by atoms with van der Waals surface area (Å²) in [5, 5.41) is 0. The van der Waals surface area contributed by atoms with Crippen LogP contribution in [0.2, 0.25) is 0 Å². The predicted molar refractivity (Wildman–Crippen MR) is 39.7 cm³/mol. The van der Waals surface area contributed by atoms with Gasteiger partial charge in [-0.1, -0.05) is 0 Å². The fourth-order valence-electron chi connectivity index (χ4n) is 1.31. The molecule has 1 aliphatic heterocycles. The molecular weight excluding hydrogens is 126 g/mol. The van der Waals surface area contributed by atoms with Crippen LogP contribution in [0.5, 0.6) is 0 Å². The van der Waals surface area contributed by atoms with Gasteiger partial charge in [0.1, 0.15) is 0 Å². The molecule has 1 unspecified atom stereocenters. The molecule has 0 aromatic rings. The molecule has 0 radical (unpaired) electrons. The first kappa shape index (κ1) is 7.56. The molecule has 0 aromatic heterocycles. The fraction of sp³-hybridized carbons (Fsp3) is 0.875. The smallest absolute Gasteiger partial charge is 0.228 e. The van der Waals surface area contributed by atoms with Gasteiger partial charge in [0.15, 0.2) is 0 Å². The maximum Gasteiger partial charge on any atom is 0.228 e. The van der Waals surface area contributed by atoms with Crippen molar-refractivity contribution in [2.45, 2.75) is 38.3 Å². The summed E-state index contributed by atoms with van der Waals surface area (Å²) < 4.78 is 5.45. The second kappa shape index (κ2) is 2.59. The lowest BCUT2D eigenvalue weighted by Crippen LogP contribution is -2.35.